The molecule has 67 heavy (non-hydrogen) atoms. The number of phenolic OH excluding ortho intramolecular Hbond substituents is 2. The van der Waals surface area contributed by atoms with Crippen molar-refractivity contribution in [3.05, 3.63) is 207 Å². The second kappa shape index (κ2) is 18.1. The average Bonchev–Trinajstić information content (AvgIpc) is 4.15. The number of rotatable bonds is 7. The Morgan fingerprint density at radius 3 is 1.03 bits per heavy atom. The standard InChI is InChI=1S/C56H38N4O2S2.2CH3.Hf/c1-33-27-43(53(61)51(29-33)59-47-23-11-7-19-39(47)40-20-8-12-24-48(40)59)35-15-3-5-17-37(35)45-31-63-55(57-45)56-58-46(32-64-56)38-18-6-4-16-36(38)44-28-34(2)30-52(54(44)62)60-49-25-13-9-21-41(49)42-22-10-14-26-50(42)60;;;/h3-32,61-62H,1-2H3;2*1H3;/q;2*-1;. The first-order chi connectivity index (χ1) is 31.4. The molecule has 0 radical (unpaired) electrons. The van der Waals surface area contributed by atoms with Gasteiger partial charge in [0.1, 0.15) is 11.5 Å². The van der Waals surface area contributed by atoms with E-state index in [1.807, 2.05) is 48.5 Å². The number of fused-ring (bicyclic) bond motifs is 6. The van der Waals surface area contributed by atoms with E-state index in [1.165, 1.54) is 0 Å². The number of aryl methyl sites for hydroxylation is 2. The molecule has 0 fully saturated rings. The molecule has 0 saturated heterocycles. The van der Waals surface area contributed by atoms with Crippen LogP contribution in [-0.4, -0.2) is 29.3 Å². The predicted molar refractivity (Wildman–Crippen MR) is 279 cm³/mol. The summed E-state index contributed by atoms with van der Waals surface area (Å²) in [4.78, 5) is 10.4. The van der Waals surface area contributed by atoms with Gasteiger partial charge in [-0.2, -0.15) is 0 Å². The Morgan fingerprint density at radius 2 is 0.687 bits per heavy atom. The third kappa shape index (κ3) is 7.42. The monoisotopic (exact) mass is 1070 g/mol. The summed E-state index contributed by atoms with van der Waals surface area (Å²) in [5.74, 6) is 0.426. The minimum Gasteiger partial charge on any atom is -0.505 e. The van der Waals surface area contributed by atoms with E-state index in [4.69, 9.17) is 9.97 Å². The van der Waals surface area contributed by atoms with Gasteiger partial charge in [0.05, 0.1) is 44.8 Å². The van der Waals surface area contributed by atoms with Crippen LogP contribution in [0.2, 0.25) is 0 Å². The first-order valence-electron chi connectivity index (χ1n) is 21.2. The molecule has 0 bridgehead atoms. The van der Waals surface area contributed by atoms with Crippen molar-refractivity contribution in [2.24, 2.45) is 0 Å². The minimum absolute atomic E-state index is 0. The first kappa shape index (κ1) is 45.3. The maximum absolute atomic E-state index is 12.2. The molecule has 12 rings (SSSR count). The number of aromatic hydroxyl groups is 2. The van der Waals surface area contributed by atoms with Crippen LogP contribution >= 0.6 is 22.7 Å². The molecule has 2 N–H and O–H groups in total. The van der Waals surface area contributed by atoms with E-state index in [0.717, 1.165) is 121 Å². The van der Waals surface area contributed by atoms with Crippen LogP contribution in [0.3, 0.4) is 0 Å². The maximum atomic E-state index is 12.2. The Balaban J connectivity index is 0.00000187. The SMILES string of the molecule is Cc1cc(-c2ccccc2-c2csc(-c3nc(-c4ccccc4-c4cc(C)cc(-n5c6ccccc6c6ccccc65)c4O)cs3)n2)c(O)c(-n2c3ccccc3c3ccccc32)c1.[CH3-].[CH3-].[Hf]. The zero-order valence-electron chi connectivity index (χ0n) is 37.3. The van der Waals surface area contributed by atoms with Crippen LogP contribution < -0.4 is 0 Å². The fourth-order valence-corrected chi connectivity index (χ4v) is 11.2. The second-order valence-electron chi connectivity index (χ2n) is 16.3. The molecule has 9 heteroatoms. The molecule has 0 saturated carbocycles. The molecular formula is C58H44HfN4O2S2-2. The van der Waals surface area contributed by atoms with Crippen LogP contribution in [0, 0.1) is 28.7 Å². The van der Waals surface area contributed by atoms with E-state index < -0.39 is 0 Å². The summed E-state index contributed by atoms with van der Waals surface area (Å²) in [5.41, 5.74) is 14.5. The fraction of sp³-hybridized carbons (Fsp3) is 0.0345. The predicted octanol–water partition coefficient (Wildman–Crippen LogP) is 16.1. The zero-order valence-corrected chi connectivity index (χ0v) is 42.5. The average molecular weight is 1070 g/mol. The Bertz CT molecular complexity index is 3470. The largest absolute Gasteiger partial charge is 0.505 e. The quantitative estimate of drug-likeness (QED) is 0.123. The Hall–Kier alpha value is -6.91. The molecule has 6 nitrogen and oxygen atoms in total. The number of hydrogen-bond acceptors (Lipinski definition) is 6. The van der Waals surface area contributed by atoms with E-state index in [-0.39, 0.29) is 52.2 Å². The van der Waals surface area contributed by atoms with Crippen molar-refractivity contribution in [1.82, 2.24) is 19.1 Å². The second-order valence-corrected chi connectivity index (χ2v) is 18.0. The number of hydrogen-bond donors (Lipinski definition) is 2. The fourth-order valence-electron chi connectivity index (χ4n) is 9.51. The normalized spacial score (nSPS) is 11.2. The van der Waals surface area contributed by atoms with Gasteiger partial charge in [0.15, 0.2) is 10.0 Å². The van der Waals surface area contributed by atoms with Crippen molar-refractivity contribution in [3.63, 3.8) is 0 Å². The molecule has 0 atom stereocenters. The van der Waals surface area contributed by atoms with Gasteiger partial charge in [-0.1, -0.05) is 121 Å². The van der Waals surface area contributed by atoms with Gasteiger partial charge < -0.3 is 34.2 Å². The molecule has 0 aliphatic rings. The molecular weight excluding hydrogens is 1030 g/mol. The molecule has 4 heterocycles. The van der Waals surface area contributed by atoms with Gasteiger partial charge in [-0.15, -0.1) is 22.7 Å². The summed E-state index contributed by atoms with van der Waals surface area (Å²) >= 11 is 3.11. The molecule has 4 aromatic heterocycles. The van der Waals surface area contributed by atoms with Crippen molar-refractivity contribution in [2.45, 2.75) is 13.8 Å². The van der Waals surface area contributed by atoms with Crippen LogP contribution in [0.4, 0.5) is 0 Å². The van der Waals surface area contributed by atoms with Gasteiger partial charge in [-0.05, 0) is 84.6 Å². The van der Waals surface area contributed by atoms with Gasteiger partial charge in [0, 0.05) is 80.4 Å². The number of benzene rings is 8. The molecule has 0 spiro atoms. The van der Waals surface area contributed by atoms with Crippen LogP contribution in [-0.2, 0) is 25.8 Å². The third-order valence-electron chi connectivity index (χ3n) is 12.3. The zero-order chi connectivity index (χ0) is 43.1. The number of phenols is 2. The summed E-state index contributed by atoms with van der Waals surface area (Å²) in [6, 6.07) is 58.0. The molecule has 326 valence electrons. The van der Waals surface area contributed by atoms with Gasteiger partial charge in [0.2, 0.25) is 0 Å². The van der Waals surface area contributed by atoms with Crippen LogP contribution in [0.5, 0.6) is 11.5 Å². The van der Waals surface area contributed by atoms with Gasteiger partial charge in [0.25, 0.3) is 0 Å². The molecule has 0 unspecified atom stereocenters. The summed E-state index contributed by atoms with van der Waals surface area (Å²) in [6.07, 6.45) is 0. The van der Waals surface area contributed by atoms with Gasteiger partial charge in [-0.3, -0.25) is 0 Å². The van der Waals surface area contributed by atoms with Crippen molar-refractivity contribution in [2.75, 3.05) is 0 Å². The maximum Gasteiger partial charge on any atom is 0.152 e. The third-order valence-corrected chi connectivity index (χ3v) is 14.1. The number of nitrogens with zero attached hydrogens (tertiary/aromatic N) is 4. The van der Waals surface area contributed by atoms with E-state index in [0.29, 0.717) is 0 Å². The summed E-state index contributed by atoms with van der Waals surface area (Å²) in [6.45, 7) is 4.15. The number of thiazole rings is 2. The van der Waals surface area contributed by atoms with Crippen molar-refractivity contribution in [3.8, 4) is 77.7 Å². The Kier molecular flexibility index (Phi) is 12.2. The van der Waals surface area contributed by atoms with Gasteiger partial charge >= 0.3 is 0 Å². The number of aromatic nitrogens is 4. The van der Waals surface area contributed by atoms with Crippen molar-refractivity contribution in [1.29, 1.82) is 0 Å². The first-order valence-corrected chi connectivity index (χ1v) is 22.9. The minimum atomic E-state index is 0. The van der Waals surface area contributed by atoms with Crippen molar-refractivity contribution >= 4 is 66.3 Å². The van der Waals surface area contributed by atoms with E-state index >= 15 is 0 Å². The molecule has 0 aliphatic heterocycles. The summed E-state index contributed by atoms with van der Waals surface area (Å²) in [7, 11) is 0. The van der Waals surface area contributed by atoms with Crippen LogP contribution in [0.15, 0.2) is 181 Å². The summed E-state index contributed by atoms with van der Waals surface area (Å²) < 4.78 is 4.34. The van der Waals surface area contributed by atoms with Crippen molar-refractivity contribution < 1.29 is 36.1 Å². The molecule has 0 aliphatic carbocycles. The van der Waals surface area contributed by atoms with Crippen LogP contribution in [0.1, 0.15) is 11.1 Å². The topological polar surface area (TPSA) is 76.1 Å². The van der Waals surface area contributed by atoms with E-state index in [2.05, 4.69) is 155 Å². The number of para-hydroxylation sites is 4. The molecule has 8 aromatic carbocycles. The Labute approximate surface area is 416 Å². The van der Waals surface area contributed by atoms with Crippen LogP contribution in [0.25, 0.3) is 110 Å². The van der Waals surface area contributed by atoms with E-state index in [1.54, 1.807) is 22.7 Å². The molecule has 12 aromatic rings. The molecule has 0 amide bonds. The summed E-state index contributed by atoms with van der Waals surface area (Å²) in [5, 5.41) is 34.8. The van der Waals surface area contributed by atoms with E-state index in [9.17, 15) is 10.2 Å². The smallest absolute Gasteiger partial charge is 0.152 e. The Morgan fingerprint density at radius 1 is 0.388 bits per heavy atom. The van der Waals surface area contributed by atoms with Gasteiger partial charge in [-0.25, -0.2) is 9.97 Å².